The van der Waals surface area contributed by atoms with Crippen molar-refractivity contribution in [1.82, 2.24) is 20.1 Å². The van der Waals surface area contributed by atoms with E-state index in [0.717, 1.165) is 42.8 Å². The van der Waals surface area contributed by atoms with E-state index in [1.165, 1.54) is 0 Å². The van der Waals surface area contributed by atoms with E-state index >= 15 is 0 Å². The summed E-state index contributed by atoms with van der Waals surface area (Å²) in [7, 11) is 2.14. The highest BCUT2D eigenvalue weighted by atomic mass is 16.5. The van der Waals surface area contributed by atoms with Crippen molar-refractivity contribution in [3.8, 4) is 5.75 Å². The van der Waals surface area contributed by atoms with E-state index in [4.69, 9.17) is 4.74 Å². The molecular weight excluding hydrogens is 364 g/mol. The molecule has 2 heterocycles. The molecule has 0 saturated carbocycles. The number of hydrogen-bond acceptors (Lipinski definition) is 3. The number of hydrogen-bond donors (Lipinski definition) is 2. The first-order valence-electron chi connectivity index (χ1n) is 10.6. The van der Waals surface area contributed by atoms with Gasteiger partial charge in [0.1, 0.15) is 5.75 Å². The number of rotatable bonds is 8. The first-order chi connectivity index (χ1) is 14.0. The van der Waals surface area contributed by atoms with Gasteiger partial charge in [0.15, 0.2) is 0 Å². The Labute approximate surface area is 174 Å². The molecular formula is C23H34N4O2. The average molecular weight is 399 g/mol. The second-order valence-electron chi connectivity index (χ2n) is 8.39. The van der Waals surface area contributed by atoms with Crippen molar-refractivity contribution in [2.24, 2.45) is 5.92 Å². The van der Waals surface area contributed by atoms with Crippen molar-refractivity contribution in [2.45, 2.75) is 45.8 Å². The number of H-pyrrole nitrogens is 1. The van der Waals surface area contributed by atoms with Gasteiger partial charge in [0.05, 0.1) is 6.61 Å². The number of piperidine rings is 1. The number of aromatic nitrogens is 1. The first-order valence-corrected chi connectivity index (χ1v) is 10.6. The number of urea groups is 1. The Morgan fingerprint density at radius 2 is 1.93 bits per heavy atom. The smallest absolute Gasteiger partial charge is 0.318 e. The van der Waals surface area contributed by atoms with Crippen molar-refractivity contribution in [3.05, 3.63) is 53.9 Å². The van der Waals surface area contributed by atoms with Gasteiger partial charge in [-0.2, -0.15) is 0 Å². The molecule has 0 spiro atoms. The van der Waals surface area contributed by atoms with Crippen LogP contribution in [-0.4, -0.2) is 53.6 Å². The third-order valence-electron chi connectivity index (χ3n) is 5.36. The number of ether oxygens (including phenoxy) is 1. The van der Waals surface area contributed by atoms with Crippen LogP contribution in [0.5, 0.6) is 5.75 Å². The summed E-state index contributed by atoms with van der Waals surface area (Å²) in [4.78, 5) is 20.4. The minimum absolute atomic E-state index is 0.000822. The molecule has 158 valence electrons. The number of amides is 2. The Hall–Kier alpha value is -2.47. The molecule has 0 bridgehead atoms. The molecule has 1 saturated heterocycles. The number of likely N-dealkylation sites (tertiary alicyclic amines) is 1. The number of carbonyl (C=O) groups is 1. The van der Waals surface area contributed by atoms with Crippen LogP contribution < -0.4 is 10.1 Å². The predicted molar refractivity (Wildman–Crippen MR) is 116 cm³/mol. The normalized spacial score (nSPS) is 15.4. The molecule has 6 nitrogen and oxygen atoms in total. The van der Waals surface area contributed by atoms with Gasteiger partial charge >= 0.3 is 6.03 Å². The zero-order valence-electron chi connectivity index (χ0n) is 17.9. The largest absolute Gasteiger partial charge is 0.493 e. The second-order valence-corrected chi connectivity index (χ2v) is 8.39. The van der Waals surface area contributed by atoms with Gasteiger partial charge in [-0.1, -0.05) is 26.0 Å². The lowest BCUT2D eigenvalue weighted by Crippen LogP contribution is -2.49. The molecule has 1 aliphatic heterocycles. The summed E-state index contributed by atoms with van der Waals surface area (Å²) in [6, 6.07) is 10.3. The molecule has 2 amide bonds. The van der Waals surface area contributed by atoms with Crippen molar-refractivity contribution in [3.63, 3.8) is 0 Å². The van der Waals surface area contributed by atoms with Crippen LogP contribution in [0.15, 0.2) is 42.7 Å². The summed E-state index contributed by atoms with van der Waals surface area (Å²) < 4.78 is 5.73. The van der Waals surface area contributed by atoms with Crippen LogP contribution in [0.1, 0.15) is 37.8 Å². The third kappa shape index (κ3) is 6.53. The van der Waals surface area contributed by atoms with E-state index in [9.17, 15) is 4.79 Å². The van der Waals surface area contributed by atoms with E-state index in [1.54, 1.807) is 0 Å². The predicted octanol–water partition coefficient (Wildman–Crippen LogP) is 3.86. The highest BCUT2D eigenvalue weighted by Gasteiger charge is 2.27. The lowest BCUT2D eigenvalue weighted by Gasteiger charge is -2.37. The maximum absolute atomic E-state index is 13.0. The van der Waals surface area contributed by atoms with Gasteiger partial charge in [0.2, 0.25) is 0 Å². The molecule has 0 atom stereocenters. The minimum Gasteiger partial charge on any atom is -0.493 e. The number of benzene rings is 1. The zero-order chi connectivity index (χ0) is 20.6. The summed E-state index contributed by atoms with van der Waals surface area (Å²) in [6.07, 6.45) is 5.89. The second kappa shape index (κ2) is 10.3. The van der Waals surface area contributed by atoms with E-state index in [-0.39, 0.29) is 12.1 Å². The average Bonchev–Trinajstić information content (AvgIpc) is 3.23. The molecule has 1 fully saturated rings. The Balaban J connectivity index is 1.57. The molecule has 0 radical (unpaired) electrons. The molecule has 29 heavy (non-hydrogen) atoms. The van der Waals surface area contributed by atoms with Crippen molar-refractivity contribution in [1.29, 1.82) is 0 Å². The summed E-state index contributed by atoms with van der Waals surface area (Å²) in [5.41, 5.74) is 2.20. The third-order valence-corrected chi connectivity index (χ3v) is 5.36. The fourth-order valence-electron chi connectivity index (χ4n) is 3.57. The highest BCUT2D eigenvalue weighted by Crippen LogP contribution is 2.19. The van der Waals surface area contributed by atoms with Gasteiger partial charge in [0.25, 0.3) is 0 Å². The summed E-state index contributed by atoms with van der Waals surface area (Å²) in [5, 5.41) is 3.11. The SMILES string of the molecule is CC(C)COc1ccc(CNC(=O)N(Cc2cc[nH]c2)C2CCN(C)CC2)cc1. The van der Waals surface area contributed by atoms with Gasteiger partial charge in [-0.05, 0) is 68.2 Å². The Morgan fingerprint density at radius 1 is 1.21 bits per heavy atom. The zero-order valence-corrected chi connectivity index (χ0v) is 17.9. The van der Waals surface area contributed by atoms with Gasteiger partial charge in [-0.3, -0.25) is 0 Å². The number of nitrogens with zero attached hydrogens (tertiary/aromatic N) is 2. The molecule has 0 unspecified atom stereocenters. The van der Waals surface area contributed by atoms with Crippen molar-refractivity contribution in [2.75, 3.05) is 26.7 Å². The first kappa shape index (κ1) is 21.2. The number of aromatic amines is 1. The lowest BCUT2D eigenvalue weighted by molar-refractivity contribution is 0.127. The van der Waals surface area contributed by atoms with Crippen molar-refractivity contribution < 1.29 is 9.53 Å². The molecule has 1 aliphatic rings. The maximum atomic E-state index is 13.0. The lowest BCUT2D eigenvalue weighted by atomic mass is 10.0. The highest BCUT2D eigenvalue weighted by molar-refractivity contribution is 5.74. The quantitative estimate of drug-likeness (QED) is 0.710. The van der Waals surface area contributed by atoms with Crippen molar-refractivity contribution >= 4 is 6.03 Å². The molecule has 0 aliphatic carbocycles. The Kier molecular flexibility index (Phi) is 7.58. The molecule has 1 aromatic carbocycles. The van der Waals surface area contributed by atoms with Crippen LogP contribution >= 0.6 is 0 Å². The van der Waals surface area contributed by atoms with Crippen LogP contribution in [0.4, 0.5) is 4.79 Å². The Bertz CT molecular complexity index is 735. The molecule has 1 aromatic heterocycles. The van der Waals surface area contributed by atoms with Crippen LogP contribution in [-0.2, 0) is 13.1 Å². The molecule has 2 aromatic rings. The van der Waals surface area contributed by atoms with Gasteiger partial charge in [-0.25, -0.2) is 4.79 Å². The van der Waals surface area contributed by atoms with Gasteiger partial charge in [-0.15, -0.1) is 0 Å². The standard InChI is InChI=1S/C23H34N4O2/c1-18(2)17-29-22-6-4-19(5-7-22)15-25-23(28)27(16-20-8-11-24-14-20)21-9-12-26(3)13-10-21/h4-8,11,14,18,21,24H,9-10,12-13,15-17H2,1-3H3,(H,25,28). The van der Waals surface area contributed by atoms with E-state index in [0.29, 0.717) is 25.6 Å². The van der Waals surface area contributed by atoms with Crippen LogP contribution in [0.25, 0.3) is 0 Å². The van der Waals surface area contributed by atoms with E-state index in [1.807, 2.05) is 47.6 Å². The van der Waals surface area contributed by atoms with E-state index in [2.05, 4.69) is 36.1 Å². The fourth-order valence-corrected chi connectivity index (χ4v) is 3.57. The fraction of sp³-hybridized carbons (Fsp3) is 0.522. The van der Waals surface area contributed by atoms with E-state index < -0.39 is 0 Å². The summed E-state index contributed by atoms with van der Waals surface area (Å²) >= 11 is 0. The van der Waals surface area contributed by atoms with Crippen LogP contribution in [0.2, 0.25) is 0 Å². The monoisotopic (exact) mass is 398 g/mol. The number of nitrogens with one attached hydrogen (secondary N) is 2. The van der Waals surface area contributed by atoms with Crippen LogP contribution in [0.3, 0.4) is 0 Å². The van der Waals surface area contributed by atoms with Crippen LogP contribution in [0, 0.1) is 5.92 Å². The molecule has 6 heteroatoms. The van der Waals surface area contributed by atoms with Gasteiger partial charge in [0, 0.05) is 31.5 Å². The minimum atomic E-state index is 0.000822. The maximum Gasteiger partial charge on any atom is 0.318 e. The Morgan fingerprint density at radius 3 is 2.55 bits per heavy atom. The molecule has 2 N–H and O–H groups in total. The van der Waals surface area contributed by atoms with Gasteiger partial charge < -0.3 is 24.8 Å². The number of carbonyl (C=O) groups excluding carboxylic acids is 1. The summed E-state index contributed by atoms with van der Waals surface area (Å²) in [6.45, 7) is 8.17. The summed E-state index contributed by atoms with van der Waals surface area (Å²) in [5.74, 6) is 1.37. The topological polar surface area (TPSA) is 60.6 Å². The molecule has 3 rings (SSSR count).